The second-order valence-corrected chi connectivity index (χ2v) is 11.3. The molecular weight excluding hydrogens is 484 g/mol. The largest absolute Gasteiger partial charge is 0.495 e. The van der Waals surface area contributed by atoms with E-state index in [2.05, 4.69) is 20.0 Å². The molecule has 0 saturated carbocycles. The van der Waals surface area contributed by atoms with Crippen LogP contribution in [-0.2, 0) is 15.4 Å². The van der Waals surface area contributed by atoms with E-state index in [-0.39, 0.29) is 21.9 Å². The highest BCUT2D eigenvalue weighted by atomic mass is 35.5. The SMILES string of the molecule is COc1ccc(Nc2nc3ccccc3nc2NS(=O)(=O)c2cc(C(C)(C)C)ccc2C)cc1Cl. The molecule has 0 aliphatic carbocycles. The lowest BCUT2D eigenvalue weighted by Gasteiger charge is -2.21. The van der Waals surface area contributed by atoms with Crippen LogP contribution in [0.1, 0.15) is 31.9 Å². The summed E-state index contributed by atoms with van der Waals surface area (Å²) in [5.74, 6) is 0.853. The average molecular weight is 511 g/mol. The zero-order valence-corrected chi connectivity index (χ0v) is 21.8. The second-order valence-electron chi connectivity index (χ2n) is 9.22. The zero-order chi connectivity index (χ0) is 25.4. The number of halogens is 1. The van der Waals surface area contributed by atoms with Crippen LogP contribution in [0.2, 0.25) is 5.02 Å². The molecular formula is C26H27ClN4O3S. The van der Waals surface area contributed by atoms with Crippen molar-refractivity contribution in [3.8, 4) is 5.75 Å². The summed E-state index contributed by atoms with van der Waals surface area (Å²) in [6.07, 6.45) is 0. The van der Waals surface area contributed by atoms with Crippen molar-refractivity contribution >= 4 is 50.0 Å². The smallest absolute Gasteiger partial charge is 0.263 e. The number of ether oxygens (including phenoxy) is 1. The summed E-state index contributed by atoms with van der Waals surface area (Å²) in [6.45, 7) is 7.89. The van der Waals surface area contributed by atoms with Crippen molar-refractivity contribution in [2.75, 3.05) is 17.1 Å². The van der Waals surface area contributed by atoms with E-state index in [0.29, 0.717) is 33.1 Å². The van der Waals surface area contributed by atoms with Crippen LogP contribution in [0.25, 0.3) is 11.0 Å². The maximum Gasteiger partial charge on any atom is 0.263 e. The summed E-state index contributed by atoms with van der Waals surface area (Å²) in [4.78, 5) is 9.38. The number of para-hydroxylation sites is 2. The van der Waals surface area contributed by atoms with Crippen molar-refractivity contribution in [2.24, 2.45) is 0 Å². The van der Waals surface area contributed by atoms with E-state index >= 15 is 0 Å². The fourth-order valence-corrected chi connectivity index (χ4v) is 5.12. The molecule has 0 saturated heterocycles. The van der Waals surface area contributed by atoms with Crippen LogP contribution in [0.15, 0.2) is 65.6 Å². The van der Waals surface area contributed by atoms with Gasteiger partial charge in [-0.25, -0.2) is 18.4 Å². The third kappa shape index (κ3) is 5.33. The molecule has 7 nitrogen and oxygen atoms in total. The molecule has 2 N–H and O–H groups in total. The number of sulfonamides is 1. The highest BCUT2D eigenvalue weighted by Crippen LogP contribution is 2.32. The van der Waals surface area contributed by atoms with Crippen LogP contribution < -0.4 is 14.8 Å². The summed E-state index contributed by atoms with van der Waals surface area (Å²) < 4.78 is 34.9. The molecule has 4 aromatic rings. The van der Waals surface area contributed by atoms with Gasteiger partial charge < -0.3 is 10.1 Å². The molecule has 9 heteroatoms. The summed E-state index contributed by atoms with van der Waals surface area (Å²) in [5.41, 5.74) is 3.12. The van der Waals surface area contributed by atoms with Gasteiger partial charge in [0.1, 0.15) is 5.75 Å². The van der Waals surface area contributed by atoms with Crippen molar-refractivity contribution in [1.29, 1.82) is 0 Å². The normalized spacial score (nSPS) is 11.9. The zero-order valence-electron chi connectivity index (χ0n) is 20.2. The van der Waals surface area contributed by atoms with Crippen LogP contribution in [0.5, 0.6) is 5.75 Å². The van der Waals surface area contributed by atoms with E-state index in [1.54, 1.807) is 37.3 Å². The molecule has 35 heavy (non-hydrogen) atoms. The highest BCUT2D eigenvalue weighted by Gasteiger charge is 2.24. The van der Waals surface area contributed by atoms with Gasteiger partial charge in [-0.05, 0) is 59.9 Å². The summed E-state index contributed by atoms with van der Waals surface area (Å²) in [7, 11) is -2.43. The second kappa shape index (κ2) is 9.36. The first-order valence-corrected chi connectivity index (χ1v) is 12.9. The van der Waals surface area contributed by atoms with Gasteiger partial charge in [-0.1, -0.05) is 56.6 Å². The number of nitrogens with zero attached hydrogens (tertiary/aromatic N) is 2. The van der Waals surface area contributed by atoms with Gasteiger partial charge in [-0.3, -0.25) is 4.72 Å². The Balaban J connectivity index is 1.79. The number of hydrogen-bond donors (Lipinski definition) is 2. The Kier molecular flexibility index (Phi) is 6.62. The molecule has 182 valence electrons. The van der Waals surface area contributed by atoms with Gasteiger partial charge in [0, 0.05) is 5.69 Å². The van der Waals surface area contributed by atoms with Crippen LogP contribution >= 0.6 is 11.6 Å². The maximum absolute atomic E-state index is 13.5. The monoisotopic (exact) mass is 510 g/mol. The van der Waals surface area contributed by atoms with Crippen LogP contribution in [-0.4, -0.2) is 25.5 Å². The van der Waals surface area contributed by atoms with E-state index in [1.165, 1.54) is 7.11 Å². The highest BCUT2D eigenvalue weighted by molar-refractivity contribution is 7.92. The van der Waals surface area contributed by atoms with Gasteiger partial charge in [0.25, 0.3) is 10.0 Å². The minimum atomic E-state index is -3.97. The lowest BCUT2D eigenvalue weighted by atomic mass is 9.87. The van der Waals surface area contributed by atoms with E-state index < -0.39 is 10.0 Å². The molecule has 0 fully saturated rings. The minimum absolute atomic E-state index is 0.0798. The minimum Gasteiger partial charge on any atom is -0.495 e. The van der Waals surface area contributed by atoms with Crippen molar-refractivity contribution in [1.82, 2.24) is 9.97 Å². The Morgan fingerprint density at radius 2 is 1.57 bits per heavy atom. The summed E-state index contributed by atoms with van der Waals surface area (Å²) in [5, 5.41) is 3.55. The molecule has 1 aromatic heterocycles. The van der Waals surface area contributed by atoms with E-state index in [9.17, 15) is 8.42 Å². The fraction of sp³-hybridized carbons (Fsp3) is 0.231. The van der Waals surface area contributed by atoms with Crippen molar-refractivity contribution in [3.05, 3.63) is 76.8 Å². The Bertz CT molecular complexity index is 1520. The molecule has 0 unspecified atom stereocenters. The predicted octanol–water partition coefficient (Wildman–Crippen LogP) is 6.44. The number of nitrogens with one attached hydrogen (secondary N) is 2. The van der Waals surface area contributed by atoms with Gasteiger partial charge in [-0.2, -0.15) is 0 Å². The third-order valence-electron chi connectivity index (χ3n) is 5.56. The van der Waals surface area contributed by atoms with Crippen LogP contribution in [0.3, 0.4) is 0 Å². The molecule has 0 aliphatic heterocycles. The standard InChI is InChI=1S/C26H27ClN4O3S/c1-16-10-11-17(26(2,3)4)14-23(16)35(32,33)31-25-24(29-20-8-6-7-9-21(20)30-25)28-18-12-13-22(34-5)19(27)15-18/h6-15H,1-5H3,(H,28,29)(H,30,31). The van der Waals surface area contributed by atoms with Crippen molar-refractivity contribution < 1.29 is 13.2 Å². The predicted molar refractivity (Wildman–Crippen MR) is 142 cm³/mol. The summed E-state index contributed by atoms with van der Waals surface area (Å²) >= 11 is 6.27. The van der Waals surface area contributed by atoms with Crippen molar-refractivity contribution in [3.63, 3.8) is 0 Å². The number of fused-ring (bicyclic) bond motifs is 1. The number of benzene rings is 3. The van der Waals surface area contributed by atoms with Crippen molar-refractivity contribution in [2.45, 2.75) is 38.0 Å². The van der Waals surface area contributed by atoms with Gasteiger partial charge in [0.15, 0.2) is 11.6 Å². The number of rotatable bonds is 6. The first kappa shape index (κ1) is 24.8. The molecule has 0 aliphatic rings. The van der Waals surface area contributed by atoms with E-state index in [0.717, 1.165) is 5.56 Å². The molecule has 0 spiro atoms. The molecule has 0 radical (unpaired) electrons. The Hall–Kier alpha value is -3.36. The van der Waals surface area contributed by atoms with E-state index in [4.69, 9.17) is 16.3 Å². The number of methoxy groups -OCH3 is 1. The lowest BCUT2D eigenvalue weighted by molar-refractivity contribution is 0.415. The van der Waals surface area contributed by atoms with Gasteiger partial charge in [0.2, 0.25) is 0 Å². The number of anilines is 3. The first-order chi connectivity index (χ1) is 16.5. The first-order valence-electron chi connectivity index (χ1n) is 11.0. The average Bonchev–Trinajstić information content (AvgIpc) is 2.79. The Morgan fingerprint density at radius 1 is 0.914 bits per heavy atom. The third-order valence-corrected chi connectivity index (χ3v) is 7.34. The van der Waals surface area contributed by atoms with Gasteiger partial charge in [0.05, 0.1) is 28.1 Å². The Labute approximate surface area is 210 Å². The molecule has 0 amide bonds. The fourth-order valence-electron chi connectivity index (χ4n) is 3.58. The van der Waals surface area contributed by atoms with Gasteiger partial charge in [-0.15, -0.1) is 0 Å². The maximum atomic E-state index is 13.5. The van der Waals surface area contributed by atoms with Crippen LogP contribution in [0.4, 0.5) is 17.3 Å². The molecule has 1 heterocycles. The molecule has 0 bridgehead atoms. The van der Waals surface area contributed by atoms with E-state index in [1.807, 2.05) is 51.1 Å². The number of aromatic nitrogens is 2. The number of hydrogen-bond acceptors (Lipinski definition) is 6. The molecule has 3 aromatic carbocycles. The molecule has 4 rings (SSSR count). The molecule has 0 atom stereocenters. The lowest BCUT2D eigenvalue weighted by Crippen LogP contribution is -2.19. The summed E-state index contributed by atoms with van der Waals surface area (Å²) in [6, 6.07) is 17.9. The topological polar surface area (TPSA) is 93.2 Å². The Morgan fingerprint density at radius 3 is 2.17 bits per heavy atom. The quantitative estimate of drug-likeness (QED) is 0.310. The number of aryl methyl sites for hydroxylation is 1. The van der Waals surface area contributed by atoms with Crippen LogP contribution in [0, 0.1) is 6.92 Å². The van der Waals surface area contributed by atoms with Gasteiger partial charge >= 0.3 is 0 Å².